The highest BCUT2D eigenvalue weighted by Crippen LogP contribution is 2.42. The van der Waals surface area contributed by atoms with E-state index in [0.717, 1.165) is 50.5 Å². The number of amides is 1. The fraction of sp³-hybridized carbons (Fsp3) is 0.550. The highest BCUT2D eigenvalue weighted by molar-refractivity contribution is 7.15. The molecule has 2 saturated heterocycles. The van der Waals surface area contributed by atoms with Gasteiger partial charge in [-0.05, 0) is 44.4 Å². The number of hydrogen-bond donors (Lipinski definition) is 1. The first-order valence-electron chi connectivity index (χ1n) is 9.45. The molecule has 0 saturated carbocycles. The zero-order chi connectivity index (χ0) is 19.0. The molecule has 7 heteroatoms. The number of anilines is 1. The molecule has 4 rings (SSSR count). The van der Waals surface area contributed by atoms with Gasteiger partial charge < -0.3 is 10.1 Å². The van der Waals surface area contributed by atoms with E-state index in [4.69, 9.17) is 4.74 Å². The van der Waals surface area contributed by atoms with Gasteiger partial charge in [-0.25, -0.2) is 4.98 Å². The van der Waals surface area contributed by atoms with Crippen LogP contribution < -0.4 is 5.32 Å². The molecular weight excluding hydrogens is 360 g/mol. The summed E-state index contributed by atoms with van der Waals surface area (Å²) in [6.45, 7) is 9.27. The highest BCUT2D eigenvalue weighted by atomic mass is 32.1. The van der Waals surface area contributed by atoms with E-state index in [1.54, 1.807) is 11.3 Å². The average Bonchev–Trinajstić information content (AvgIpc) is 3.29. The monoisotopic (exact) mass is 386 g/mol. The molecule has 2 aromatic heterocycles. The van der Waals surface area contributed by atoms with Crippen LogP contribution in [0, 0.1) is 13.8 Å². The maximum atomic E-state index is 11.2. The Morgan fingerprint density at radius 2 is 2.19 bits per heavy atom. The molecule has 2 fully saturated rings. The summed E-state index contributed by atoms with van der Waals surface area (Å²) in [6.07, 6.45) is 4.01. The first-order chi connectivity index (χ1) is 12.9. The lowest BCUT2D eigenvalue weighted by Crippen LogP contribution is -2.32. The third-order valence-electron chi connectivity index (χ3n) is 5.40. The predicted molar refractivity (Wildman–Crippen MR) is 106 cm³/mol. The fourth-order valence-electron chi connectivity index (χ4n) is 4.32. The molecule has 6 nitrogen and oxygen atoms in total. The normalized spacial score (nSPS) is 25.4. The second kappa shape index (κ2) is 7.30. The summed E-state index contributed by atoms with van der Waals surface area (Å²) in [4.78, 5) is 23.5. The molecule has 144 valence electrons. The molecule has 1 N–H and O–H groups in total. The van der Waals surface area contributed by atoms with E-state index < -0.39 is 0 Å². The molecular formula is C20H26N4O2S. The van der Waals surface area contributed by atoms with Crippen molar-refractivity contribution in [2.75, 3.05) is 25.0 Å². The number of carbonyl (C=O) groups excluding carboxylic acids is 1. The van der Waals surface area contributed by atoms with Gasteiger partial charge in [-0.15, -0.1) is 11.3 Å². The SMILES string of the molecule is CC(=O)Nc1ncc(CN2CCC3(CC(c4cc(C)nc(C)c4)CO3)C2)s1. The molecule has 27 heavy (non-hydrogen) atoms. The van der Waals surface area contributed by atoms with Gasteiger partial charge in [0.05, 0.1) is 12.2 Å². The molecule has 2 atom stereocenters. The van der Waals surface area contributed by atoms with Crippen LogP contribution in [-0.2, 0) is 16.1 Å². The molecule has 2 aliphatic rings. The molecule has 0 aromatic carbocycles. The summed E-state index contributed by atoms with van der Waals surface area (Å²) in [5, 5.41) is 3.43. The number of rotatable bonds is 4. The van der Waals surface area contributed by atoms with Crippen molar-refractivity contribution < 1.29 is 9.53 Å². The molecule has 2 aromatic rings. The second-order valence-corrected chi connectivity index (χ2v) is 8.97. The number of hydrogen-bond acceptors (Lipinski definition) is 6. The van der Waals surface area contributed by atoms with Crippen molar-refractivity contribution in [2.24, 2.45) is 0 Å². The van der Waals surface area contributed by atoms with Crippen LogP contribution in [0.15, 0.2) is 18.3 Å². The number of carbonyl (C=O) groups is 1. The van der Waals surface area contributed by atoms with Crippen LogP contribution >= 0.6 is 11.3 Å². The molecule has 0 radical (unpaired) electrons. The zero-order valence-electron chi connectivity index (χ0n) is 16.1. The minimum absolute atomic E-state index is 0.0269. The third-order valence-corrected chi connectivity index (χ3v) is 6.29. The van der Waals surface area contributed by atoms with Gasteiger partial charge in [-0.1, -0.05) is 0 Å². The molecule has 2 aliphatic heterocycles. The number of nitrogens with one attached hydrogen (secondary N) is 1. The Hall–Kier alpha value is -1.83. The van der Waals surface area contributed by atoms with Gasteiger partial charge in [-0.2, -0.15) is 0 Å². The van der Waals surface area contributed by atoms with Crippen LogP contribution in [0.3, 0.4) is 0 Å². The molecule has 0 aliphatic carbocycles. The van der Waals surface area contributed by atoms with Crippen LogP contribution in [0.25, 0.3) is 0 Å². The number of thiazole rings is 1. The number of aryl methyl sites for hydroxylation is 2. The van der Waals surface area contributed by atoms with Gasteiger partial charge in [0.25, 0.3) is 0 Å². The van der Waals surface area contributed by atoms with E-state index in [2.05, 4.69) is 46.2 Å². The Morgan fingerprint density at radius 3 is 2.93 bits per heavy atom. The lowest BCUT2D eigenvalue weighted by atomic mass is 9.89. The van der Waals surface area contributed by atoms with Crippen molar-refractivity contribution in [2.45, 2.75) is 51.7 Å². The van der Waals surface area contributed by atoms with E-state index in [0.29, 0.717) is 11.0 Å². The van der Waals surface area contributed by atoms with Gasteiger partial charge in [0, 0.05) is 54.9 Å². The van der Waals surface area contributed by atoms with E-state index in [-0.39, 0.29) is 11.5 Å². The van der Waals surface area contributed by atoms with Crippen molar-refractivity contribution in [1.29, 1.82) is 0 Å². The van der Waals surface area contributed by atoms with Gasteiger partial charge in [0.15, 0.2) is 5.13 Å². The van der Waals surface area contributed by atoms with Crippen molar-refractivity contribution >= 4 is 22.4 Å². The molecule has 0 bridgehead atoms. The summed E-state index contributed by atoms with van der Waals surface area (Å²) in [5.41, 5.74) is 3.50. The van der Waals surface area contributed by atoms with Gasteiger partial charge >= 0.3 is 0 Å². The zero-order valence-corrected chi connectivity index (χ0v) is 16.9. The van der Waals surface area contributed by atoms with E-state index >= 15 is 0 Å². The Kier molecular flexibility index (Phi) is 5.01. The number of pyridine rings is 1. The largest absolute Gasteiger partial charge is 0.373 e. The maximum Gasteiger partial charge on any atom is 0.223 e. The lowest BCUT2D eigenvalue weighted by molar-refractivity contribution is -0.114. The Bertz CT molecular complexity index is 832. The second-order valence-electron chi connectivity index (χ2n) is 7.85. The topological polar surface area (TPSA) is 67.4 Å². The minimum Gasteiger partial charge on any atom is -0.373 e. The summed E-state index contributed by atoms with van der Waals surface area (Å²) in [7, 11) is 0. The van der Waals surface area contributed by atoms with Gasteiger partial charge in [-0.3, -0.25) is 14.7 Å². The van der Waals surface area contributed by atoms with Gasteiger partial charge in [0.2, 0.25) is 5.91 Å². The standard InChI is InChI=1S/C20H26N4O2S/c1-13-6-16(7-14(2)22-13)17-8-20(26-11-17)4-5-24(12-20)10-18-9-21-19(27-18)23-15(3)25/h6-7,9,17H,4-5,8,10-12H2,1-3H3,(H,21,23,25). The number of nitrogens with zero attached hydrogens (tertiary/aromatic N) is 3. The Labute approximate surface area is 164 Å². The third kappa shape index (κ3) is 4.20. The van der Waals surface area contributed by atoms with Crippen LogP contribution in [0.4, 0.5) is 5.13 Å². The minimum atomic E-state index is -0.0805. The van der Waals surface area contributed by atoms with Crippen molar-refractivity contribution in [1.82, 2.24) is 14.9 Å². The number of likely N-dealkylation sites (tertiary alicyclic amines) is 1. The quantitative estimate of drug-likeness (QED) is 0.874. The van der Waals surface area contributed by atoms with Crippen LogP contribution in [0.2, 0.25) is 0 Å². The van der Waals surface area contributed by atoms with Crippen LogP contribution in [-0.4, -0.2) is 46.1 Å². The van der Waals surface area contributed by atoms with Crippen molar-refractivity contribution in [3.8, 4) is 0 Å². The van der Waals surface area contributed by atoms with Crippen molar-refractivity contribution in [3.05, 3.63) is 40.2 Å². The molecule has 4 heterocycles. The summed E-state index contributed by atoms with van der Waals surface area (Å²) in [6, 6.07) is 4.40. The predicted octanol–water partition coefficient (Wildman–Crippen LogP) is 3.26. The van der Waals surface area contributed by atoms with Crippen LogP contribution in [0.5, 0.6) is 0 Å². The van der Waals surface area contributed by atoms with E-state index in [1.165, 1.54) is 17.4 Å². The lowest BCUT2D eigenvalue weighted by Gasteiger charge is -2.23. The summed E-state index contributed by atoms with van der Waals surface area (Å²) in [5.74, 6) is 0.378. The molecule has 2 unspecified atom stereocenters. The summed E-state index contributed by atoms with van der Waals surface area (Å²) < 4.78 is 6.34. The fourth-order valence-corrected chi connectivity index (χ4v) is 5.22. The highest BCUT2D eigenvalue weighted by Gasteiger charge is 2.45. The first-order valence-corrected chi connectivity index (χ1v) is 10.3. The van der Waals surface area contributed by atoms with Crippen molar-refractivity contribution in [3.63, 3.8) is 0 Å². The van der Waals surface area contributed by atoms with Crippen LogP contribution in [0.1, 0.15) is 47.5 Å². The number of ether oxygens (including phenoxy) is 1. The van der Waals surface area contributed by atoms with E-state index in [1.807, 2.05) is 6.20 Å². The Morgan fingerprint density at radius 1 is 1.41 bits per heavy atom. The molecule has 1 spiro atoms. The maximum absolute atomic E-state index is 11.2. The smallest absolute Gasteiger partial charge is 0.223 e. The summed E-state index contributed by atoms with van der Waals surface area (Å²) >= 11 is 1.55. The molecule has 1 amide bonds. The van der Waals surface area contributed by atoms with Gasteiger partial charge in [0.1, 0.15) is 0 Å². The van der Waals surface area contributed by atoms with E-state index in [9.17, 15) is 4.79 Å². The number of aromatic nitrogens is 2. The average molecular weight is 387 g/mol. The first kappa shape index (κ1) is 18.5. The Balaban J connectivity index is 1.37.